The summed E-state index contributed by atoms with van der Waals surface area (Å²) in [6.45, 7) is 9.41. The third-order valence-electron chi connectivity index (χ3n) is 3.83. The van der Waals surface area contributed by atoms with Crippen LogP contribution in [0.1, 0.15) is 39.3 Å². The molecule has 2 atom stereocenters. The first-order valence-electron chi connectivity index (χ1n) is 6.98. The van der Waals surface area contributed by atoms with E-state index in [1.165, 1.54) is 5.56 Å². The number of nitrogens with one attached hydrogen (secondary N) is 1. The molecule has 0 aromatic heterocycles. The van der Waals surface area contributed by atoms with Gasteiger partial charge in [0.2, 0.25) is 0 Å². The fourth-order valence-electron chi connectivity index (χ4n) is 2.65. The molecule has 2 unspecified atom stereocenters. The van der Waals surface area contributed by atoms with Gasteiger partial charge in [0.15, 0.2) is 0 Å². The Labute approximate surface area is 116 Å². The first kappa shape index (κ1) is 14.4. The largest absolute Gasteiger partial charge is 0.486 e. The third kappa shape index (κ3) is 2.93. The second-order valence-corrected chi connectivity index (χ2v) is 6.15. The van der Waals surface area contributed by atoms with Crippen LogP contribution in [0.2, 0.25) is 0 Å². The zero-order valence-corrected chi connectivity index (χ0v) is 12.6. The molecule has 0 saturated carbocycles. The van der Waals surface area contributed by atoms with Gasteiger partial charge in [-0.05, 0) is 25.8 Å². The van der Waals surface area contributed by atoms with Gasteiger partial charge in [0.05, 0.1) is 12.6 Å². The second-order valence-electron chi connectivity index (χ2n) is 6.15. The summed E-state index contributed by atoms with van der Waals surface area (Å²) in [6.07, 6.45) is 0. The van der Waals surface area contributed by atoms with Gasteiger partial charge in [0.25, 0.3) is 0 Å². The molecule has 1 aromatic carbocycles. The van der Waals surface area contributed by atoms with Crippen molar-refractivity contribution in [1.29, 1.82) is 0 Å². The minimum atomic E-state index is -0.232. The van der Waals surface area contributed by atoms with E-state index in [2.05, 4.69) is 45.1 Å². The Morgan fingerprint density at radius 1 is 1.32 bits per heavy atom. The van der Waals surface area contributed by atoms with E-state index >= 15 is 0 Å². The lowest BCUT2D eigenvalue weighted by molar-refractivity contribution is 0.0717. The molecule has 1 aliphatic rings. The average Bonchev–Trinajstić information content (AvgIpc) is 2.59. The molecule has 0 saturated heterocycles. The second kappa shape index (κ2) is 5.51. The van der Waals surface area contributed by atoms with Crippen LogP contribution in [-0.2, 0) is 4.74 Å². The summed E-state index contributed by atoms with van der Waals surface area (Å²) in [6, 6.07) is 8.80. The Kier molecular flexibility index (Phi) is 4.16. The monoisotopic (exact) mass is 263 g/mol. The number of methoxy groups -OCH3 is 1. The van der Waals surface area contributed by atoms with E-state index < -0.39 is 0 Å². The molecule has 3 heteroatoms. The van der Waals surface area contributed by atoms with Crippen LogP contribution in [-0.4, -0.2) is 25.4 Å². The van der Waals surface area contributed by atoms with Crippen LogP contribution in [0.3, 0.4) is 0 Å². The van der Waals surface area contributed by atoms with Crippen LogP contribution in [0, 0.1) is 5.92 Å². The maximum Gasteiger partial charge on any atom is 0.125 e. The number of para-hydroxylation sites is 1. The molecular weight excluding hydrogens is 238 g/mol. The predicted octanol–water partition coefficient (Wildman–Crippen LogP) is 3.16. The molecule has 1 N–H and O–H groups in total. The van der Waals surface area contributed by atoms with E-state index in [1.54, 1.807) is 7.11 Å². The van der Waals surface area contributed by atoms with Gasteiger partial charge >= 0.3 is 0 Å². The lowest BCUT2D eigenvalue weighted by atomic mass is 9.92. The lowest BCUT2D eigenvalue weighted by Gasteiger charge is -2.32. The molecule has 2 rings (SSSR count). The summed E-state index contributed by atoms with van der Waals surface area (Å²) >= 11 is 0. The zero-order chi connectivity index (χ0) is 14.0. The highest BCUT2D eigenvalue weighted by atomic mass is 16.5. The number of rotatable bonds is 5. The van der Waals surface area contributed by atoms with Crippen molar-refractivity contribution < 1.29 is 9.47 Å². The number of hydrogen-bond donors (Lipinski definition) is 1. The maximum atomic E-state index is 6.06. The molecule has 1 aliphatic heterocycles. The highest BCUT2D eigenvalue weighted by Crippen LogP contribution is 2.43. The van der Waals surface area contributed by atoms with Gasteiger partial charge in [-0.3, -0.25) is 0 Å². The van der Waals surface area contributed by atoms with Gasteiger partial charge in [-0.25, -0.2) is 0 Å². The van der Waals surface area contributed by atoms with Crippen molar-refractivity contribution in [1.82, 2.24) is 5.32 Å². The number of benzene rings is 1. The molecular formula is C16H25NO2. The summed E-state index contributed by atoms with van der Waals surface area (Å²) < 4.78 is 11.4. The van der Waals surface area contributed by atoms with Crippen molar-refractivity contribution >= 4 is 0 Å². The molecule has 0 fully saturated rings. The molecule has 106 valence electrons. The van der Waals surface area contributed by atoms with Gasteiger partial charge in [-0.15, -0.1) is 0 Å². The first-order chi connectivity index (χ1) is 8.95. The molecule has 1 aromatic rings. The first-order valence-corrected chi connectivity index (χ1v) is 6.98. The molecule has 0 bridgehead atoms. The van der Waals surface area contributed by atoms with Crippen LogP contribution < -0.4 is 10.1 Å². The van der Waals surface area contributed by atoms with Gasteiger partial charge in [0.1, 0.15) is 11.4 Å². The summed E-state index contributed by atoms with van der Waals surface area (Å²) in [5.74, 6) is 1.51. The quantitative estimate of drug-likeness (QED) is 0.885. The van der Waals surface area contributed by atoms with Crippen LogP contribution in [0.25, 0.3) is 0 Å². The van der Waals surface area contributed by atoms with Crippen molar-refractivity contribution in [2.24, 2.45) is 5.92 Å². The molecule has 0 radical (unpaired) electrons. The molecule has 3 nitrogen and oxygen atoms in total. The summed E-state index contributed by atoms with van der Waals surface area (Å²) in [4.78, 5) is 0. The van der Waals surface area contributed by atoms with Crippen molar-refractivity contribution in [3.05, 3.63) is 29.8 Å². The Morgan fingerprint density at radius 2 is 2.00 bits per heavy atom. The minimum absolute atomic E-state index is 0.200. The SMILES string of the molecule is COCC(NC1c2ccccc2OC1(C)C)C(C)C. The summed E-state index contributed by atoms with van der Waals surface area (Å²) in [5, 5.41) is 3.71. The minimum Gasteiger partial charge on any atom is -0.486 e. The van der Waals surface area contributed by atoms with Crippen molar-refractivity contribution in [3.8, 4) is 5.75 Å². The van der Waals surface area contributed by atoms with Gasteiger partial charge < -0.3 is 14.8 Å². The summed E-state index contributed by atoms with van der Waals surface area (Å²) in [5.41, 5.74) is 1.01. The number of hydrogen-bond acceptors (Lipinski definition) is 3. The number of fused-ring (bicyclic) bond motifs is 1. The highest BCUT2D eigenvalue weighted by molar-refractivity contribution is 5.42. The van der Waals surface area contributed by atoms with E-state index in [0.29, 0.717) is 18.6 Å². The molecule has 1 heterocycles. The van der Waals surface area contributed by atoms with E-state index in [1.807, 2.05) is 12.1 Å². The predicted molar refractivity (Wildman–Crippen MR) is 77.5 cm³/mol. The zero-order valence-electron chi connectivity index (χ0n) is 12.6. The normalized spacial score (nSPS) is 22.1. The average molecular weight is 263 g/mol. The molecule has 0 amide bonds. The van der Waals surface area contributed by atoms with Crippen LogP contribution in [0.4, 0.5) is 0 Å². The van der Waals surface area contributed by atoms with E-state index in [-0.39, 0.29) is 11.6 Å². The highest BCUT2D eigenvalue weighted by Gasteiger charge is 2.42. The maximum absolute atomic E-state index is 6.06. The standard InChI is InChI=1S/C16H25NO2/c1-11(2)13(10-18-5)17-15-12-8-6-7-9-14(12)19-16(15,3)4/h6-9,11,13,15,17H,10H2,1-5H3. The van der Waals surface area contributed by atoms with Crippen LogP contribution in [0.5, 0.6) is 5.75 Å². The van der Waals surface area contributed by atoms with Crippen molar-refractivity contribution in [2.75, 3.05) is 13.7 Å². The fraction of sp³-hybridized carbons (Fsp3) is 0.625. The molecule has 0 aliphatic carbocycles. The van der Waals surface area contributed by atoms with Gasteiger partial charge in [-0.2, -0.15) is 0 Å². The van der Waals surface area contributed by atoms with Crippen molar-refractivity contribution in [2.45, 2.75) is 45.4 Å². The number of ether oxygens (including phenoxy) is 2. The van der Waals surface area contributed by atoms with Gasteiger partial charge in [0, 0.05) is 18.7 Å². The molecule has 19 heavy (non-hydrogen) atoms. The Balaban J connectivity index is 2.22. The van der Waals surface area contributed by atoms with Crippen LogP contribution in [0.15, 0.2) is 24.3 Å². The topological polar surface area (TPSA) is 30.5 Å². The van der Waals surface area contributed by atoms with E-state index in [4.69, 9.17) is 9.47 Å². The Morgan fingerprint density at radius 3 is 2.63 bits per heavy atom. The van der Waals surface area contributed by atoms with E-state index in [0.717, 1.165) is 5.75 Å². The smallest absolute Gasteiger partial charge is 0.125 e. The molecule has 0 spiro atoms. The Bertz CT molecular complexity index is 429. The summed E-state index contributed by atoms with van der Waals surface area (Å²) in [7, 11) is 1.75. The van der Waals surface area contributed by atoms with Crippen molar-refractivity contribution in [3.63, 3.8) is 0 Å². The lowest BCUT2D eigenvalue weighted by Crippen LogP contribution is -2.47. The Hall–Kier alpha value is -1.06. The fourth-order valence-corrected chi connectivity index (χ4v) is 2.65. The van der Waals surface area contributed by atoms with Crippen LogP contribution >= 0.6 is 0 Å². The van der Waals surface area contributed by atoms with Gasteiger partial charge in [-0.1, -0.05) is 32.0 Å². The third-order valence-corrected chi connectivity index (χ3v) is 3.83. The van der Waals surface area contributed by atoms with E-state index in [9.17, 15) is 0 Å².